The Morgan fingerprint density at radius 1 is 1.15 bits per heavy atom. The first-order chi connectivity index (χ1) is 9.65. The summed E-state index contributed by atoms with van der Waals surface area (Å²) in [5.41, 5.74) is 1.42. The molecule has 0 heterocycles. The molecule has 0 atom stereocenters. The quantitative estimate of drug-likeness (QED) is 0.837. The molecule has 108 valence electrons. The fourth-order valence-corrected chi connectivity index (χ4v) is 3.54. The lowest BCUT2D eigenvalue weighted by atomic mass is 10.0. The maximum atomic E-state index is 11.9. The van der Waals surface area contributed by atoms with Crippen molar-refractivity contribution in [3.05, 3.63) is 29.8 Å². The molecule has 0 bridgehead atoms. The Balaban J connectivity index is 1.77. The zero-order valence-corrected chi connectivity index (χ0v) is 12.7. The summed E-state index contributed by atoms with van der Waals surface area (Å²) < 4.78 is 0. The van der Waals surface area contributed by atoms with Crippen molar-refractivity contribution in [3.8, 4) is 0 Å². The largest absolute Gasteiger partial charge is 0.325 e. The van der Waals surface area contributed by atoms with Crippen molar-refractivity contribution in [2.24, 2.45) is 0 Å². The van der Waals surface area contributed by atoms with Crippen LogP contribution < -0.4 is 5.32 Å². The minimum Gasteiger partial charge on any atom is -0.325 e. The number of ketones is 1. The highest BCUT2D eigenvalue weighted by Gasteiger charge is 2.15. The van der Waals surface area contributed by atoms with Crippen LogP contribution in [0.4, 0.5) is 5.69 Å². The maximum Gasteiger partial charge on any atom is 0.234 e. The molecule has 2 rings (SSSR count). The van der Waals surface area contributed by atoms with Crippen molar-refractivity contribution in [2.45, 2.75) is 44.3 Å². The van der Waals surface area contributed by atoms with E-state index in [1.165, 1.54) is 39.0 Å². The van der Waals surface area contributed by atoms with Crippen LogP contribution in [0.2, 0.25) is 0 Å². The van der Waals surface area contributed by atoms with Crippen molar-refractivity contribution in [2.75, 3.05) is 11.1 Å². The highest BCUT2D eigenvalue weighted by molar-refractivity contribution is 8.00. The predicted octanol–water partition coefficient (Wildman–Crippen LogP) is 3.89. The molecule has 1 aliphatic rings. The monoisotopic (exact) mass is 291 g/mol. The average Bonchev–Trinajstić information content (AvgIpc) is 2.47. The summed E-state index contributed by atoms with van der Waals surface area (Å²) in [6, 6.07) is 7.04. The summed E-state index contributed by atoms with van der Waals surface area (Å²) in [5.74, 6) is 0.589. The van der Waals surface area contributed by atoms with Gasteiger partial charge >= 0.3 is 0 Å². The van der Waals surface area contributed by atoms with Gasteiger partial charge < -0.3 is 5.32 Å². The van der Waals surface area contributed by atoms with Crippen LogP contribution in [0.1, 0.15) is 49.4 Å². The first kappa shape index (κ1) is 15.1. The van der Waals surface area contributed by atoms with Crippen LogP contribution in [-0.2, 0) is 4.79 Å². The van der Waals surface area contributed by atoms with E-state index in [1.807, 2.05) is 0 Å². The van der Waals surface area contributed by atoms with Gasteiger partial charge in [-0.25, -0.2) is 0 Å². The molecule has 0 saturated heterocycles. The molecule has 1 aromatic carbocycles. The fourth-order valence-electron chi connectivity index (χ4n) is 2.41. The smallest absolute Gasteiger partial charge is 0.234 e. The molecule has 1 amide bonds. The van der Waals surface area contributed by atoms with Crippen molar-refractivity contribution >= 4 is 29.1 Å². The number of hydrogen-bond donors (Lipinski definition) is 1. The molecule has 4 heteroatoms. The fraction of sp³-hybridized carbons (Fsp3) is 0.500. The Labute approximate surface area is 124 Å². The van der Waals surface area contributed by atoms with Gasteiger partial charge in [-0.15, -0.1) is 11.8 Å². The number of Topliss-reactive ketones (excluding diaryl/α,β-unsaturated/α-hetero) is 1. The highest BCUT2D eigenvalue weighted by Crippen LogP contribution is 2.28. The molecule has 1 aliphatic carbocycles. The van der Waals surface area contributed by atoms with Gasteiger partial charge in [-0.05, 0) is 44.0 Å². The number of rotatable bonds is 5. The van der Waals surface area contributed by atoms with Crippen molar-refractivity contribution in [3.63, 3.8) is 0 Å². The van der Waals surface area contributed by atoms with Crippen LogP contribution in [0.3, 0.4) is 0 Å². The van der Waals surface area contributed by atoms with Crippen LogP contribution in [0, 0.1) is 0 Å². The van der Waals surface area contributed by atoms with E-state index in [9.17, 15) is 9.59 Å². The molecular weight excluding hydrogens is 270 g/mol. The summed E-state index contributed by atoms with van der Waals surface area (Å²) in [6.45, 7) is 1.54. The SMILES string of the molecule is CC(=O)c1ccc(NC(=O)CSC2CCCCC2)cc1. The average molecular weight is 291 g/mol. The zero-order chi connectivity index (χ0) is 14.4. The van der Waals surface area contributed by atoms with E-state index in [2.05, 4.69) is 5.32 Å². The normalized spacial score (nSPS) is 15.8. The molecule has 0 radical (unpaired) electrons. The molecule has 0 unspecified atom stereocenters. The number of hydrogen-bond acceptors (Lipinski definition) is 3. The summed E-state index contributed by atoms with van der Waals surface area (Å²) in [6.07, 6.45) is 6.42. The van der Waals surface area contributed by atoms with Gasteiger partial charge in [0.2, 0.25) is 5.91 Å². The van der Waals surface area contributed by atoms with E-state index < -0.39 is 0 Å². The minimum absolute atomic E-state index is 0.0377. The Hall–Kier alpha value is -1.29. The van der Waals surface area contributed by atoms with E-state index in [0.29, 0.717) is 16.6 Å². The molecular formula is C16H21NO2S. The van der Waals surface area contributed by atoms with Crippen LogP contribution in [-0.4, -0.2) is 22.7 Å². The standard InChI is InChI=1S/C16H21NO2S/c1-12(18)13-7-9-14(10-8-13)17-16(19)11-20-15-5-3-2-4-6-15/h7-10,15H,2-6,11H2,1H3,(H,17,19). The third-order valence-corrected chi connectivity index (χ3v) is 4.95. The van der Waals surface area contributed by atoms with Crippen molar-refractivity contribution in [1.29, 1.82) is 0 Å². The molecule has 3 nitrogen and oxygen atoms in total. The van der Waals surface area contributed by atoms with E-state index >= 15 is 0 Å². The molecule has 0 aliphatic heterocycles. The summed E-state index contributed by atoms with van der Waals surface area (Å²) in [7, 11) is 0. The van der Waals surface area contributed by atoms with Gasteiger partial charge in [0.05, 0.1) is 5.75 Å². The summed E-state index contributed by atoms with van der Waals surface area (Å²) >= 11 is 1.77. The molecule has 1 aromatic rings. The van der Waals surface area contributed by atoms with Crippen LogP contribution in [0.5, 0.6) is 0 Å². The predicted molar refractivity (Wildman–Crippen MR) is 84.4 cm³/mol. The minimum atomic E-state index is 0.0377. The molecule has 1 N–H and O–H groups in total. The molecule has 20 heavy (non-hydrogen) atoms. The molecule has 0 aromatic heterocycles. The summed E-state index contributed by atoms with van der Waals surface area (Å²) in [5, 5.41) is 3.52. The number of benzene rings is 1. The third kappa shape index (κ3) is 4.67. The summed E-state index contributed by atoms with van der Waals surface area (Å²) in [4.78, 5) is 23.0. The number of amides is 1. The van der Waals surface area contributed by atoms with Gasteiger partial charge in [-0.3, -0.25) is 9.59 Å². The van der Waals surface area contributed by atoms with Crippen LogP contribution >= 0.6 is 11.8 Å². The Bertz CT molecular complexity index is 464. The lowest BCUT2D eigenvalue weighted by Gasteiger charge is -2.20. The Kier molecular flexibility index (Phi) is 5.65. The second kappa shape index (κ2) is 7.48. The lowest BCUT2D eigenvalue weighted by molar-refractivity contribution is -0.113. The second-order valence-electron chi connectivity index (χ2n) is 5.25. The molecule has 1 saturated carbocycles. The van der Waals surface area contributed by atoms with Gasteiger partial charge in [0.1, 0.15) is 0 Å². The van der Waals surface area contributed by atoms with Gasteiger partial charge in [0, 0.05) is 16.5 Å². The number of thioether (sulfide) groups is 1. The van der Waals surface area contributed by atoms with Gasteiger partial charge in [-0.1, -0.05) is 19.3 Å². The highest BCUT2D eigenvalue weighted by atomic mass is 32.2. The second-order valence-corrected chi connectivity index (χ2v) is 6.54. The number of carbonyl (C=O) groups excluding carboxylic acids is 2. The van der Waals surface area contributed by atoms with E-state index in [4.69, 9.17) is 0 Å². The van der Waals surface area contributed by atoms with Crippen molar-refractivity contribution in [1.82, 2.24) is 0 Å². The zero-order valence-electron chi connectivity index (χ0n) is 11.9. The molecule has 0 spiro atoms. The van der Waals surface area contributed by atoms with Gasteiger partial charge in [0.15, 0.2) is 5.78 Å². The number of carbonyl (C=O) groups is 2. The van der Waals surface area contributed by atoms with Gasteiger partial charge in [-0.2, -0.15) is 0 Å². The van der Waals surface area contributed by atoms with E-state index in [0.717, 1.165) is 5.69 Å². The first-order valence-electron chi connectivity index (χ1n) is 7.17. The Morgan fingerprint density at radius 2 is 1.80 bits per heavy atom. The van der Waals surface area contributed by atoms with E-state index in [-0.39, 0.29) is 11.7 Å². The lowest BCUT2D eigenvalue weighted by Crippen LogP contribution is -2.17. The number of anilines is 1. The number of nitrogens with one attached hydrogen (secondary N) is 1. The molecule has 1 fully saturated rings. The van der Waals surface area contributed by atoms with E-state index in [1.54, 1.807) is 36.0 Å². The van der Waals surface area contributed by atoms with Crippen molar-refractivity contribution < 1.29 is 9.59 Å². The first-order valence-corrected chi connectivity index (χ1v) is 8.22. The third-order valence-electron chi connectivity index (χ3n) is 3.58. The maximum absolute atomic E-state index is 11.9. The van der Waals surface area contributed by atoms with Gasteiger partial charge in [0.25, 0.3) is 0 Å². The van der Waals surface area contributed by atoms with Crippen LogP contribution in [0.15, 0.2) is 24.3 Å². The van der Waals surface area contributed by atoms with Crippen LogP contribution in [0.25, 0.3) is 0 Å². The Morgan fingerprint density at radius 3 is 2.40 bits per heavy atom. The topological polar surface area (TPSA) is 46.2 Å².